The molecule has 3 heteroatoms. The van der Waals surface area contributed by atoms with Crippen molar-refractivity contribution in [2.45, 2.75) is 6.54 Å². The summed E-state index contributed by atoms with van der Waals surface area (Å²) in [6.45, 7) is 0.888. The lowest BCUT2D eigenvalue weighted by Crippen LogP contribution is -2.16. The number of anilines is 2. The zero-order valence-corrected chi connectivity index (χ0v) is 10.2. The summed E-state index contributed by atoms with van der Waals surface area (Å²) < 4.78 is 0. The second kappa shape index (κ2) is 5.34. The molecule has 2 rings (SSSR count). The van der Waals surface area contributed by atoms with Gasteiger partial charge in [0.2, 0.25) is 0 Å². The van der Waals surface area contributed by atoms with Crippen LogP contribution in [0.15, 0.2) is 48.8 Å². The maximum absolute atomic E-state index is 4.03. The molecule has 1 aromatic carbocycles. The van der Waals surface area contributed by atoms with Gasteiger partial charge >= 0.3 is 0 Å². The highest BCUT2D eigenvalue weighted by Gasteiger charge is 2.01. The summed E-state index contributed by atoms with van der Waals surface area (Å²) in [6, 6.07) is 12.5. The fraction of sp³-hybridized carbons (Fsp3) is 0.214. The van der Waals surface area contributed by atoms with Crippen LogP contribution in [0, 0.1) is 0 Å². The number of hydrogen-bond acceptors (Lipinski definition) is 3. The van der Waals surface area contributed by atoms with Gasteiger partial charge in [-0.25, -0.2) is 0 Å². The predicted molar refractivity (Wildman–Crippen MR) is 72.3 cm³/mol. The summed E-state index contributed by atoms with van der Waals surface area (Å²) in [4.78, 5) is 6.23. The van der Waals surface area contributed by atoms with E-state index < -0.39 is 0 Å². The molecule has 0 bridgehead atoms. The van der Waals surface area contributed by atoms with Crippen molar-refractivity contribution in [3.63, 3.8) is 0 Å². The van der Waals surface area contributed by atoms with Gasteiger partial charge in [-0.2, -0.15) is 0 Å². The first-order valence-electron chi connectivity index (χ1n) is 5.67. The van der Waals surface area contributed by atoms with E-state index in [0.717, 1.165) is 12.2 Å². The number of hydrogen-bond donors (Lipinski definition) is 1. The van der Waals surface area contributed by atoms with Crippen LogP contribution >= 0.6 is 0 Å². The molecule has 0 radical (unpaired) electrons. The molecular formula is C14H17N3. The third-order valence-corrected chi connectivity index (χ3v) is 2.74. The lowest BCUT2D eigenvalue weighted by Gasteiger charge is -2.19. The first kappa shape index (κ1) is 11.5. The third kappa shape index (κ3) is 2.97. The zero-order valence-electron chi connectivity index (χ0n) is 10.2. The van der Waals surface area contributed by atoms with Gasteiger partial charge in [0.15, 0.2) is 0 Å². The lowest BCUT2D eigenvalue weighted by atomic mass is 10.2. The maximum Gasteiger partial charge on any atom is 0.0427 e. The topological polar surface area (TPSA) is 28.2 Å². The summed E-state index contributed by atoms with van der Waals surface area (Å²) in [5.41, 5.74) is 3.61. The van der Waals surface area contributed by atoms with Gasteiger partial charge in [-0.15, -0.1) is 0 Å². The van der Waals surface area contributed by atoms with Crippen molar-refractivity contribution in [2.24, 2.45) is 0 Å². The van der Waals surface area contributed by atoms with Crippen LogP contribution in [0.4, 0.5) is 11.4 Å². The lowest BCUT2D eigenvalue weighted by molar-refractivity contribution is 0.921. The van der Waals surface area contributed by atoms with Crippen LogP contribution in [0.5, 0.6) is 0 Å². The molecule has 88 valence electrons. The van der Waals surface area contributed by atoms with Gasteiger partial charge in [0.25, 0.3) is 0 Å². The molecule has 17 heavy (non-hydrogen) atoms. The largest absolute Gasteiger partial charge is 0.388 e. The van der Waals surface area contributed by atoms with Gasteiger partial charge < -0.3 is 10.2 Å². The predicted octanol–water partition coefficient (Wildman–Crippen LogP) is 2.76. The normalized spacial score (nSPS) is 10.0. The average molecular weight is 227 g/mol. The molecule has 1 N–H and O–H groups in total. The monoisotopic (exact) mass is 227 g/mol. The van der Waals surface area contributed by atoms with Crippen LogP contribution < -0.4 is 10.2 Å². The summed E-state index contributed by atoms with van der Waals surface area (Å²) in [6.07, 6.45) is 3.63. The Balaban J connectivity index is 2.10. The Morgan fingerprint density at radius 1 is 1.18 bits per heavy atom. The molecule has 3 nitrogen and oxygen atoms in total. The van der Waals surface area contributed by atoms with Crippen molar-refractivity contribution in [3.05, 3.63) is 54.4 Å². The molecule has 0 saturated carbocycles. The molecule has 2 aromatic rings. The fourth-order valence-electron chi connectivity index (χ4n) is 1.79. The Bertz CT molecular complexity index is 468. The van der Waals surface area contributed by atoms with Crippen molar-refractivity contribution >= 4 is 11.4 Å². The molecular weight excluding hydrogens is 210 g/mol. The molecule has 0 aliphatic rings. The standard InChI is InChI=1S/C14H17N3/c1-15-13-5-3-4-12(10-13)11-17(2)14-6-8-16-9-7-14/h3-10,15H,11H2,1-2H3. The molecule has 0 saturated heterocycles. The van der Waals surface area contributed by atoms with Crippen LogP contribution in [-0.2, 0) is 6.54 Å². The summed E-state index contributed by atoms with van der Waals surface area (Å²) in [5.74, 6) is 0. The quantitative estimate of drug-likeness (QED) is 0.870. The van der Waals surface area contributed by atoms with E-state index in [9.17, 15) is 0 Å². The van der Waals surface area contributed by atoms with Crippen molar-refractivity contribution in [2.75, 3.05) is 24.3 Å². The molecule has 0 aliphatic heterocycles. The van der Waals surface area contributed by atoms with Crippen molar-refractivity contribution in [3.8, 4) is 0 Å². The van der Waals surface area contributed by atoms with Crippen LogP contribution in [-0.4, -0.2) is 19.1 Å². The fourth-order valence-corrected chi connectivity index (χ4v) is 1.79. The van der Waals surface area contributed by atoms with Gasteiger partial charge in [0, 0.05) is 44.4 Å². The van der Waals surface area contributed by atoms with Gasteiger partial charge in [-0.3, -0.25) is 4.98 Å². The van der Waals surface area contributed by atoms with Crippen molar-refractivity contribution in [1.82, 2.24) is 4.98 Å². The highest BCUT2D eigenvalue weighted by molar-refractivity contribution is 5.48. The van der Waals surface area contributed by atoms with Crippen LogP contribution in [0.3, 0.4) is 0 Å². The highest BCUT2D eigenvalue weighted by Crippen LogP contribution is 2.16. The van der Waals surface area contributed by atoms with Gasteiger partial charge in [-0.1, -0.05) is 12.1 Å². The van der Waals surface area contributed by atoms with Crippen LogP contribution in [0.25, 0.3) is 0 Å². The zero-order chi connectivity index (χ0) is 12.1. The number of rotatable bonds is 4. The summed E-state index contributed by atoms with van der Waals surface area (Å²) in [5, 5.41) is 3.15. The second-order valence-electron chi connectivity index (χ2n) is 4.01. The number of nitrogens with zero attached hydrogens (tertiary/aromatic N) is 2. The molecule has 1 heterocycles. The van der Waals surface area contributed by atoms with E-state index in [4.69, 9.17) is 0 Å². The van der Waals surface area contributed by atoms with Gasteiger partial charge in [0.1, 0.15) is 0 Å². The molecule has 1 aromatic heterocycles. The smallest absolute Gasteiger partial charge is 0.0427 e. The minimum absolute atomic E-state index is 0.888. The van der Waals surface area contributed by atoms with Gasteiger partial charge in [-0.05, 0) is 29.8 Å². The number of nitrogens with one attached hydrogen (secondary N) is 1. The van der Waals surface area contributed by atoms with E-state index in [-0.39, 0.29) is 0 Å². The van der Waals surface area contributed by atoms with E-state index in [1.54, 1.807) is 0 Å². The Labute approximate surface area is 102 Å². The molecule has 0 amide bonds. The average Bonchev–Trinajstić information content (AvgIpc) is 2.40. The van der Waals surface area contributed by atoms with Gasteiger partial charge in [0.05, 0.1) is 0 Å². The van der Waals surface area contributed by atoms with Crippen molar-refractivity contribution < 1.29 is 0 Å². The SMILES string of the molecule is CNc1cccc(CN(C)c2ccncc2)c1. The van der Waals surface area contributed by atoms with E-state index in [1.165, 1.54) is 11.3 Å². The minimum Gasteiger partial charge on any atom is -0.388 e. The highest BCUT2D eigenvalue weighted by atomic mass is 15.1. The van der Waals surface area contributed by atoms with Crippen LogP contribution in [0.1, 0.15) is 5.56 Å². The van der Waals surface area contributed by atoms with Crippen LogP contribution in [0.2, 0.25) is 0 Å². The Hall–Kier alpha value is -2.03. The first-order valence-corrected chi connectivity index (χ1v) is 5.67. The molecule has 0 fully saturated rings. The van der Waals surface area contributed by atoms with E-state index in [0.29, 0.717) is 0 Å². The molecule has 0 aliphatic carbocycles. The van der Waals surface area contributed by atoms with Crippen molar-refractivity contribution in [1.29, 1.82) is 0 Å². The molecule has 0 spiro atoms. The maximum atomic E-state index is 4.03. The Morgan fingerprint density at radius 3 is 2.65 bits per heavy atom. The summed E-state index contributed by atoms with van der Waals surface area (Å²) in [7, 11) is 4.02. The van der Waals surface area contributed by atoms with E-state index >= 15 is 0 Å². The third-order valence-electron chi connectivity index (χ3n) is 2.74. The van der Waals surface area contributed by atoms with E-state index in [1.807, 2.05) is 31.6 Å². The number of benzene rings is 1. The second-order valence-corrected chi connectivity index (χ2v) is 4.01. The first-order chi connectivity index (χ1) is 8.29. The number of aromatic nitrogens is 1. The molecule has 0 atom stereocenters. The Morgan fingerprint density at radius 2 is 1.94 bits per heavy atom. The minimum atomic E-state index is 0.888. The molecule has 0 unspecified atom stereocenters. The Kier molecular flexibility index (Phi) is 3.60. The summed E-state index contributed by atoms with van der Waals surface area (Å²) >= 11 is 0. The number of pyridine rings is 1. The van der Waals surface area contributed by atoms with E-state index in [2.05, 4.69) is 46.5 Å².